The average molecular weight is 260 g/mol. The minimum absolute atomic E-state index is 0.137. The van der Waals surface area contributed by atoms with Crippen LogP contribution in [0.25, 0.3) is 11.3 Å². The maximum atomic E-state index is 5.38. The molecule has 1 aromatic carbocycles. The molecule has 3 N–H and O–H groups in total. The van der Waals surface area contributed by atoms with E-state index < -0.39 is 0 Å². The third-order valence-corrected chi connectivity index (χ3v) is 2.36. The van der Waals surface area contributed by atoms with Crippen molar-refractivity contribution in [2.75, 3.05) is 12.4 Å². The Balaban J connectivity index is 2.34. The molecular weight excluding hydrogens is 248 g/mol. The Bertz CT molecular complexity index is 574. The summed E-state index contributed by atoms with van der Waals surface area (Å²) in [5, 5.41) is 2.84. The Morgan fingerprint density at radius 1 is 1.39 bits per heavy atom. The van der Waals surface area contributed by atoms with Gasteiger partial charge in [0.25, 0.3) is 0 Å². The zero-order valence-corrected chi connectivity index (χ0v) is 10.6. The van der Waals surface area contributed by atoms with Crippen molar-refractivity contribution in [2.45, 2.75) is 0 Å². The molecule has 0 bridgehead atoms. The topological polar surface area (TPSA) is 73.1 Å². The Labute approximate surface area is 110 Å². The van der Waals surface area contributed by atoms with Crippen LogP contribution in [0.4, 0.5) is 5.95 Å². The molecule has 1 heterocycles. The molecule has 0 saturated carbocycles. The van der Waals surface area contributed by atoms with Crippen molar-refractivity contribution in [2.24, 2.45) is 5.73 Å². The molecule has 5 nitrogen and oxygen atoms in total. The fraction of sp³-hybridized carbons (Fsp3) is 0.0833. The molecule has 0 aliphatic heterocycles. The second-order valence-electron chi connectivity index (χ2n) is 3.49. The van der Waals surface area contributed by atoms with Gasteiger partial charge >= 0.3 is 0 Å². The molecule has 2 rings (SSSR count). The number of anilines is 1. The number of thiocarbonyl (C=S) groups is 1. The molecule has 0 aliphatic rings. The smallest absolute Gasteiger partial charge is 0.229 e. The molecule has 0 amide bonds. The van der Waals surface area contributed by atoms with Crippen LogP contribution in [0.3, 0.4) is 0 Å². The summed E-state index contributed by atoms with van der Waals surface area (Å²) in [4.78, 5) is 8.34. The average Bonchev–Trinajstić information content (AvgIpc) is 2.38. The lowest BCUT2D eigenvalue weighted by Gasteiger charge is -2.06. The maximum Gasteiger partial charge on any atom is 0.229 e. The lowest BCUT2D eigenvalue weighted by Crippen LogP contribution is -2.20. The number of rotatable bonds is 3. The maximum absolute atomic E-state index is 5.38. The van der Waals surface area contributed by atoms with Crippen LogP contribution in [-0.4, -0.2) is 22.2 Å². The first-order valence-electron chi connectivity index (χ1n) is 5.23. The van der Waals surface area contributed by atoms with Crippen LogP contribution < -0.4 is 15.8 Å². The van der Waals surface area contributed by atoms with Gasteiger partial charge in [0, 0.05) is 11.8 Å². The highest BCUT2D eigenvalue weighted by molar-refractivity contribution is 7.80. The van der Waals surface area contributed by atoms with Gasteiger partial charge in [0.2, 0.25) is 5.95 Å². The van der Waals surface area contributed by atoms with E-state index >= 15 is 0 Å². The summed E-state index contributed by atoms with van der Waals surface area (Å²) in [6.07, 6.45) is 1.64. The minimum atomic E-state index is 0.137. The molecule has 0 unspecified atom stereocenters. The van der Waals surface area contributed by atoms with Gasteiger partial charge in [0.05, 0.1) is 12.8 Å². The minimum Gasteiger partial charge on any atom is -0.497 e. The van der Waals surface area contributed by atoms with E-state index in [1.54, 1.807) is 19.4 Å². The van der Waals surface area contributed by atoms with Crippen LogP contribution in [0.5, 0.6) is 5.75 Å². The van der Waals surface area contributed by atoms with Crippen LogP contribution >= 0.6 is 12.2 Å². The van der Waals surface area contributed by atoms with Gasteiger partial charge in [-0.1, -0.05) is 12.1 Å². The lowest BCUT2D eigenvalue weighted by atomic mass is 10.1. The number of nitrogens with two attached hydrogens (primary N) is 1. The van der Waals surface area contributed by atoms with Crippen LogP contribution in [-0.2, 0) is 0 Å². The molecule has 0 saturated heterocycles. The standard InChI is InChI=1S/C12H12N4OS/c1-17-9-4-2-3-8(7-9)10-5-6-14-12(15-10)16-11(13)18/h2-7H,1H3,(H3,13,14,15,16,18). The summed E-state index contributed by atoms with van der Waals surface area (Å²) in [5.41, 5.74) is 7.08. The first-order chi connectivity index (χ1) is 8.69. The Hall–Kier alpha value is -2.21. The Morgan fingerprint density at radius 3 is 2.94 bits per heavy atom. The van der Waals surface area contributed by atoms with Gasteiger partial charge in [-0.05, 0) is 30.4 Å². The second kappa shape index (κ2) is 5.42. The lowest BCUT2D eigenvalue weighted by molar-refractivity contribution is 0.415. The van der Waals surface area contributed by atoms with E-state index in [0.29, 0.717) is 5.95 Å². The van der Waals surface area contributed by atoms with E-state index in [9.17, 15) is 0 Å². The van der Waals surface area contributed by atoms with Gasteiger partial charge in [-0.3, -0.25) is 0 Å². The fourth-order valence-corrected chi connectivity index (χ4v) is 1.56. The molecule has 6 heteroatoms. The molecule has 18 heavy (non-hydrogen) atoms. The molecule has 0 radical (unpaired) electrons. The van der Waals surface area contributed by atoms with Gasteiger partial charge in [-0.15, -0.1) is 0 Å². The van der Waals surface area contributed by atoms with Gasteiger partial charge in [0.1, 0.15) is 5.75 Å². The highest BCUT2D eigenvalue weighted by Crippen LogP contribution is 2.22. The Kier molecular flexibility index (Phi) is 3.69. The second-order valence-corrected chi connectivity index (χ2v) is 3.93. The van der Waals surface area contributed by atoms with Gasteiger partial charge < -0.3 is 15.8 Å². The molecule has 92 valence electrons. The van der Waals surface area contributed by atoms with Crippen LogP contribution in [0.2, 0.25) is 0 Å². The van der Waals surface area contributed by atoms with Crippen molar-refractivity contribution in [1.82, 2.24) is 9.97 Å². The largest absolute Gasteiger partial charge is 0.497 e. The number of benzene rings is 1. The predicted octanol–water partition coefficient (Wildman–Crippen LogP) is 1.81. The van der Waals surface area contributed by atoms with Crippen molar-refractivity contribution in [3.8, 4) is 17.0 Å². The first kappa shape index (κ1) is 12.3. The SMILES string of the molecule is COc1cccc(-c2ccnc(NC(N)=S)n2)c1. The molecule has 2 aromatic rings. The van der Waals surface area contributed by atoms with Crippen molar-refractivity contribution in [3.63, 3.8) is 0 Å². The molecule has 0 atom stereocenters. The summed E-state index contributed by atoms with van der Waals surface area (Å²) >= 11 is 4.74. The van der Waals surface area contributed by atoms with E-state index in [1.807, 2.05) is 24.3 Å². The number of hydrogen-bond donors (Lipinski definition) is 2. The van der Waals surface area contributed by atoms with Crippen molar-refractivity contribution < 1.29 is 4.74 Å². The summed E-state index contributed by atoms with van der Waals surface area (Å²) in [6.45, 7) is 0. The zero-order chi connectivity index (χ0) is 13.0. The summed E-state index contributed by atoms with van der Waals surface area (Å²) < 4.78 is 5.17. The van der Waals surface area contributed by atoms with Crippen molar-refractivity contribution >= 4 is 23.3 Å². The third kappa shape index (κ3) is 2.92. The highest BCUT2D eigenvalue weighted by atomic mass is 32.1. The Morgan fingerprint density at radius 2 is 2.22 bits per heavy atom. The molecule has 0 fully saturated rings. The number of ether oxygens (including phenoxy) is 1. The number of nitrogens with zero attached hydrogens (tertiary/aromatic N) is 2. The van der Waals surface area contributed by atoms with Gasteiger partial charge in [0.15, 0.2) is 5.11 Å². The summed E-state index contributed by atoms with van der Waals surface area (Å²) in [5.74, 6) is 1.15. The van der Waals surface area contributed by atoms with E-state index in [4.69, 9.17) is 22.7 Å². The van der Waals surface area contributed by atoms with Gasteiger partial charge in [-0.2, -0.15) is 0 Å². The van der Waals surface area contributed by atoms with Gasteiger partial charge in [-0.25, -0.2) is 9.97 Å². The molecule has 0 spiro atoms. The molecule has 1 aromatic heterocycles. The molecular formula is C12H12N4OS. The van der Waals surface area contributed by atoms with E-state index in [2.05, 4.69) is 15.3 Å². The normalized spacial score (nSPS) is 9.83. The van der Waals surface area contributed by atoms with Crippen LogP contribution in [0.1, 0.15) is 0 Å². The number of methoxy groups -OCH3 is 1. The van der Waals surface area contributed by atoms with Crippen molar-refractivity contribution in [1.29, 1.82) is 0 Å². The quantitative estimate of drug-likeness (QED) is 0.820. The number of hydrogen-bond acceptors (Lipinski definition) is 4. The first-order valence-corrected chi connectivity index (χ1v) is 5.64. The van der Waals surface area contributed by atoms with Crippen LogP contribution in [0.15, 0.2) is 36.5 Å². The highest BCUT2D eigenvalue weighted by Gasteiger charge is 2.03. The van der Waals surface area contributed by atoms with Crippen LogP contribution in [0, 0.1) is 0 Å². The molecule has 0 aliphatic carbocycles. The van der Waals surface area contributed by atoms with E-state index in [-0.39, 0.29) is 5.11 Å². The predicted molar refractivity (Wildman–Crippen MR) is 74.4 cm³/mol. The summed E-state index contributed by atoms with van der Waals surface area (Å²) in [6, 6.07) is 9.41. The zero-order valence-electron chi connectivity index (χ0n) is 9.75. The number of nitrogens with one attached hydrogen (secondary N) is 1. The van der Waals surface area contributed by atoms with Crippen molar-refractivity contribution in [3.05, 3.63) is 36.5 Å². The fourth-order valence-electron chi connectivity index (χ4n) is 1.47. The number of aromatic nitrogens is 2. The van der Waals surface area contributed by atoms with E-state index in [1.165, 1.54) is 0 Å². The van der Waals surface area contributed by atoms with E-state index in [0.717, 1.165) is 17.0 Å². The summed E-state index contributed by atoms with van der Waals surface area (Å²) in [7, 11) is 1.62. The monoisotopic (exact) mass is 260 g/mol. The third-order valence-electron chi connectivity index (χ3n) is 2.26.